The highest BCUT2D eigenvalue weighted by Crippen LogP contribution is 2.00. The first-order valence-corrected chi connectivity index (χ1v) is 5.20. The zero-order valence-corrected chi connectivity index (χ0v) is 8.72. The molecule has 0 fully saturated rings. The summed E-state index contributed by atoms with van der Waals surface area (Å²) in [5, 5.41) is 2.80. The molecule has 3 nitrogen and oxygen atoms in total. The Balaban J connectivity index is 2.09. The molecule has 1 heterocycles. The van der Waals surface area contributed by atoms with Gasteiger partial charge in [-0.05, 0) is 18.9 Å². The average Bonchev–Trinajstić information content (AvgIpc) is 2.68. The van der Waals surface area contributed by atoms with Gasteiger partial charge in [0.1, 0.15) is 0 Å². The second-order valence-electron chi connectivity index (χ2n) is 3.05. The molecular formula is C10H14ClNO2. The Morgan fingerprint density at radius 3 is 3.00 bits per heavy atom. The van der Waals surface area contributed by atoms with Crippen LogP contribution in [0.2, 0.25) is 0 Å². The summed E-state index contributed by atoms with van der Waals surface area (Å²) < 4.78 is 4.88. The van der Waals surface area contributed by atoms with E-state index in [9.17, 15) is 4.79 Å². The van der Waals surface area contributed by atoms with Gasteiger partial charge in [0.15, 0.2) is 0 Å². The van der Waals surface area contributed by atoms with Crippen LogP contribution in [-0.4, -0.2) is 11.8 Å². The Bertz CT molecular complexity index is 259. The van der Waals surface area contributed by atoms with E-state index in [1.165, 1.54) is 0 Å². The van der Waals surface area contributed by atoms with E-state index in [0.717, 1.165) is 18.4 Å². The molecule has 0 aromatic carbocycles. The first kappa shape index (κ1) is 11.1. The molecule has 0 saturated heterocycles. The third-order valence-corrected chi connectivity index (χ3v) is 2.12. The van der Waals surface area contributed by atoms with Gasteiger partial charge in [-0.25, -0.2) is 0 Å². The van der Waals surface area contributed by atoms with Crippen LogP contribution in [0.1, 0.15) is 24.8 Å². The lowest BCUT2D eigenvalue weighted by Crippen LogP contribution is -2.22. The Labute approximate surface area is 88.4 Å². The number of amides is 1. The second-order valence-corrected chi connectivity index (χ2v) is 3.43. The van der Waals surface area contributed by atoms with E-state index in [2.05, 4.69) is 5.32 Å². The molecular weight excluding hydrogens is 202 g/mol. The fourth-order valence-corrected chi connectivity index (χ4v) is 1.25. The van der Waals surface area contributed by atoms with Crippen LogP contribution in [0.3, 0.4) is 0 Å². The van der Waals surface area contributed by atoms with Gasteiger partial charge in [-0.1, -0.05) is 0 Å². The smallest absolute Gasteiger partial charge is 0.220 e. The number of furan rings is 1. The van der Waals surface area contributed by atoms with Crippen LogP contribution in [0.5, 0.6) is 0 Å². The molecule has 0 aliphatic carbocycles. The summed E-state index contributed by atoms with van der Waals surface area (Å²) in [5.74, 6) is 0.686. The maximum Gasteiger partial charge on any atom is 0.220 e. The van der Waals surface area contributed by atoms with Crippen LogP contribution >= 0.6 is 11.6 Å². The molecule has 0 atom stereocenters. The molecule has 1 aromatic rings. The average molecular weight is 216 g/mol. The summed E-state index contributed by atoms with van der Waals surface area (Å²) in [6.07, 6.45) is 5.50. The first-order valence-electron chi connectivity index (χ1n) is 4.66. The Hall–Kier alpha value is -0.960. The molecule has 0 saturated carbocycles. The number of unbranched alkanes of at least 4 members (excludes halogenated alkanes) is 1. The van der Waals surface area contributed by atoms with E-state index >= 15 is 0 Å². The molecule has 0 bridgehead atoms. The highest BCUT2D eigenvalue weighted by atomic mass is 35.5. The minimum atomic E-state index is 0.0660. The highest BCUT2D eigenvalue weighted by Gasteiger charge is 2.01. The number of hydrogen-bond donors (Lipinski definition) is 1. The molecule has 0 radical (unpaired) electrons. The van der Waals surface area contributed by atoms with Crippen LogP contribution in [0, 0.1) is 0 Å². The van der Waals surface area contributed by atoms with E-state index in [4.69, 9.17) is 16.0 Å². The Morgan fingerprint density at radius 2 is 2.36 bits per heavy atom. The third-order valence-electron chi connectivity index (χ3n) is 1.86. The van der Waals surface area contributed by atoms with Crippen LogP contribution in [0.25, 0.3) is 0 Å². The zero-order valence-electron chi connectivity index (χ0n) is 7.96. The second kappa shape index (κ2) is 6.49. The van der Waals surface area contributed by atoms with Gasteiger partial charge in [0.25, 0.3) is 0 Å². The lowest BCUT2D eigenvalue weighted by molar-refractivity contribution is -0.121. The van der Waals surface area contributed by atoms with Gasteiger partial charge >= 0.3 is 0 Å². The van der Waals surface area contributed by atoms with Crippen LogP contribution in [0.4, 0.5) is 0 Å². The number of halogens is 1. The molecule has 1 rings (SSSR count). The predicted molar refractivity (Wildman–Crippen MR) is 55.1 cm³/mol. The fraction of sp³-hybridized carbons (Fsp3) is 0.500. The summed E-state index contributed by atoms with van der Waals surface area (Å²) in [7, 11) is 0. The number of carbonyl (C=O) groups is 1. The minimum Gasteiger partial charge on any atom is -0.472 e. The lowest BCUT2D eigenvalue weighted by Gasteiger charge is -2.02. The molecule has 0 aliphatic heterocycles. The molecule has 4 heteroatoms. The van der Waals surface area contributed by atoms with Crippen LogP contribution < -0.4 is 5.32 Å². The molecule has 1 N–H and O–H groups in total. The van der Waals surface area contributed by atoms with Gasteiger partial charge in [0, 0.05) is 24.4 Å². The quantitative estimate of drug-likeness (QED) is 0.585. The monoisotopic (exact) mass is 215 g/mol. The summed E-state index contributed by atoms with van der Waals surface area (Å²) in [4.78, 5) is 11.2. The predicted octanol–water partition coefficient (Wildman–Crippen LogP) is 2.30. The van der Waals surface area contributed by atoms with Gasteiger partial charge in [0.05, 0.1) is 12.5 Å². The number of rotatable bonds is 6. The maximum absolute atomic E-state index is 11.2. The van der Waals surface area contributed by atoms with Crippen molar-refractivity contribution in [3.05, 3.63) is 24.2 Å². The van der Waals surface area contributed by atoms with Gasteiger partial charge in [-0.15, -0.1) is 11.6 Å². The standard InChI is InChI=1S/C10H14ClNO2/c11-5-2-1-3-10(13)12-7-9-4-6-14-8-9/h4,6,8H,1-3,5,7H2,(H,12,13). The van der Waals surface area contributed by atoms with Crippen LogP contribution in [-0.2, 0) is 11.3 Å². The van der Waals surface area contributed by atoms with Gasteiger partial charge < -0.3 is 9.73 Å². The topological polar surface area (TPSA) is 42.2 Å². The van der Waals surface area contributed by atoms with Gasteiger partial charge in [-0.2, -0.15) is 0 Å². The van der Waals surface area contributed by atoms with E-state index < -0.39 is 0 Å². The van der Waals surface area contributed by atoms with Crippen molar-refractivity contribution in [2.24, 2.45) is 0 Å². The van der Waals surface area contributed by atoms with Crippen molar-refractivity contribution in [2.75, 3.05) is 5.88 Å². The summed E-state index contributed by atoms with van der Waals surface area (Å²) in [5.41, 5.74) is 0.982. The van der Waals surface area contributed by atoms with Crippen molar-refractivity contribution in [3.8, 4) is 0 Å². The van der Waals surface area contributed by atoms with Crippen molar-refractivity contribution in [1.82, 2.24) is 5.32 Å². The van der Waals surface area contributed by atoms with Crippen molar-refractivity contribution in [1.29, 1.82) is 0 Å². The van der Waals surface area contributed by atoms with Crippen LogP contribution in [0.15, 0.2) is 23.0 Å². The Morgan fingerprint density at radius 1 is 1.50 bits per heavy atom. The Kier molecular flexibility index (Phi) is 5.15. The van der Waals surface area contributed by atoms with Crippen molar-refractivity contribution in [3.63, 3.8) is 0 Å². The SMILES string of the molecule is O=C(CCCCCl)NCc1ccoc1. The summed E-state index contributed by atoms with van der Waals surface area (Å²) in [6.45, 7) is 0.538. The van der Waals surface area contributed by atoms with Crippen molar-refractivity contribution >= 4 is 17.5 Å². The normalized spacial score (nSPS) is 10.1. The molecule has 0 aliphatic rings. The molecule has 14 heavy (non-hydrogen) atoms. The van der Waals surface area contributed by atoms with Gasteiger partial charge in [0.2, 0.25) is 5.91 Å². The molecule has 0 spiro atoms. The summed E-state index contributed by atoms with van der Waals surface area (Å²) >= 11 is 5.50. The molecule has 1 aromatic heterocycles. The number of carbonyl (C=O) groups excluding carboxylic acids is 1. The van der Waals surface area contributed by atoms with E-state index in [1.807, 2.05) is 6.07 Å². The van der Waals surface area contributed by atoms with Crippen molar-refractivity contribution in [2.45, 2.75) is 25.8 Å². The number of alkyl halides is 1. The number of hydrogen-bond acceptors (Lipinski definition) is 2. The fourth-order valence-electron chi connectivity index (χ4n) is 1.06. The van der Waals surface area contributed by atoms with E-state index in [1.54, 1.807) is 12.5 Å². The third kappa shape index (κ3) is 4.33. The molecule has 0 unspecified atom stereocenters. The highest BCUT2D eigenvalue weighted by molar-refractivity contribution is 6.17. The van der Waals surface area contributed by atoms with E-state index in [-0.39, 0.29) is 5.91 Å². The maximum atomic E-state index is 11.2. The van der Waals surface area contributed by atoms with Crippen molar-refractivity contribution < 1.29 is 9.21 Å². The van der Waals surface area contributed by atoms with E-state index in [0.29, 0.717) is 18.8 Å². The zero-order chi connectivity index (χ0) is 10.2. The number of nitrogens with one attached hydrogen (secondary N) is 1. The lowest BCUT2D eigenvalue weighted by atomic mass is 10.2. The molecule has 1 amide bonds. The largest absolute Gasteiger partial charge is 0.472 e. The minimum absolute atomic E-state index is 0.0660. The first-order chi connectivity index (χ1) is 6.83. The van der Waals surface area contributed by atoms with Gasteiger partial charge in [-0.3, -0.25) is 4.79 Å². The summed E-state index contributed by atoms with van der Waals surface area (Å²) in [6, 6.07) is 1.83. The molecule has 78 valence electrons.